The number of hydrogen-bond acceptors (Lipinski definition) is 2. The lowest BCUT2D eigenvalue weighted by Crippen LogP contribution is -2.36. The summed E-state index contributed by atoms with van der Waals surface area (Å²) in [6.45, 7) is 7.37. The van der Waals surface area contributed by atoms with Crippen molar-refractivity contribution in [3.63, 3.8) is 0 Å². The van der Waals surface area contributed by atoms with E-state index in [0.717, 1.165) is 28.8 Å². The van der Waals surface area contributed by atoms with Gasteiger partial charge in [-0.15, -0.1) is 0 Å². The van der Waals surface area contributed by atoms with Crippen molar-refractivity contribution in [2.75, 3.05) is 13.1 Å². The first-order chi connectivity index (χ1) is 10.1. The second kappa shape index (κ2) is 5.82. The molecule has 0 atom stereocenters. The molecule has 0 spiro atoms. The molecule has 0 amide bonds. The van der Waals surface area contributed by atoms with E-state index in [-0.39, 0.29) is 5.78 Å². The number of hydrogen-bond donors (Lipinski definition) is 0. The van der Waals surface area contributed by atoms with Crippen molar-refractivity contribution in [1.82, 2.24) is 4.90 Å². The summed E-state index contributed by atoms with van der Waals surface area (Å²) in [5.74, 6) is 0.127. The van der Waals surface area contributed by atoms with Crippen LogP contribution in [0, 0.1) is 13.8 Å². The third-order valence-electron chi connectivity index (χ3n) is 4.39. The van der Waals surface area contributed by atoms with Crippen LogP contribution in [0.2, 0.25) is 0 Å². The summed E-state index contributed by atoms with van der Waals surface area (Å²) in [7, 11) is 0. The lowest BCUT2D eigenvalue weighted by atomic mass is 9.95. The van der Waals surface area contributed by atoms with Crippen molar-refractivity contribution in [2.45, 2.75) is 26.8 Å². The van der Waals surface area contributed by atoms with Crippen LogP contribution in [-0.2, 0) is 6.54 Å². The van der Waals surface area contributed by atoms with Gasteiger partial charge in [0.05, 0.1) is 0 Å². The van der Waals surface area contributed by atoms with Crippen LogP contribution in [0.15, 0.2) is 42.5 Å². The average Bonchev–Trinajstić information content (AvgIpc) is 2.45. The summed E-state index contributed by atoms with van der Waals surface area (Å²) in [5, 5.41) is 0. The van der Waals surface area contributed by atoms with Crippen LogP contribution in [0.4, 0.5) is 0 Å². The van der Waals surface area contributed by atoms with E-state index in [1.54, 1.807) is 0 Å². The molecule has 0 aromatic heterocycles. The van der Waals surface area contributed by atoms with Gasteiger partial charge in [0.2, 0.25) is 0 Å². The monoisotopic (exact) mass is 279 g/mol. The highest BCUT2D eigenvalue weighted by Gasteiger charge is 2.16. The Bertz CT molecular complexity index is 671. The van der Waals surface area contributed by atoms with Gasteiger partial charge in [-0.1, -0.05) is 36.4 Å². The predicted molar refractivity (Wildman–Crippen MR) is 85.7 cm³/mol. The molecule has 1 saturated heterocycles. The number of benzene rings is 2. The molecule has 2 heteroatoms. The van der Waals surface area contributed by atoms with Crippen molar-refractivity contribution in [3.05, 3.63) is 70.3 Å². The molecule has 21 heavy (non-hydrogen) atoms. The third kappa shape index (κ3) is 2.91. The van der Waals surface area contributed by atoms with Crippen molar-refractivity contribution in [2.24, 2.45) is 0 Å². The van der Waals surface area contributed by atoms with Crippen LogP contribution >= 0.6 is 0 Å². The van der Waals surface area contributed by atoms with Crippen LogP contribution in [0.25, 0.3) is 0 Å². The Morgan fingerprint density at radius 2 is 1.86 bits per heavy atom. The normalized spacial score (nSPS) is 14.8. The minimum absolute atomic E-state index is 0.127. The van der Waals surface area contributed by atoms with Gasteiger partial charge in [0.25, 0.3) is 0 Å². The van der Waals surface area contributed by atoms with E-state index in [2.05, 4.69) is 11.0 Å². The molecule has 2 aromatic carbocycles. The van der Waals surface area contributed by atoms with E-state index >= 15 is 0 Å². The van der Waals surface area contributed by atoms with Crippen molar-refractivity contribution < 1.29 is 4.79 Å². The lowest BCUT2D eigenvalue weighted by Gasteiger charge is -2.30. The first-order valence-electron chi connectivity index (χ1n) is 7.57. The van der Waals surface area contributed by atoms with Gasteiger partial charge < -0.3 is 0 Å². The zero-order valence-corrected chi connectivity index (χ0v) is 12.7. The Balaban J connectivity index is 1.87. The van der Waals surface area contributed by atoms with Gasteiger partial charge in [0, 0.05) is 17.7 Å². The molecule has 0 unspecified atom stereocenters. The van der Waals surface area contributed by atoms with Gasteiger partial charge in [-0.2, -0.15) is 0 Å². The van der Waals surface area contributed by atoms with E-state index in [1.807, 2.05) is 50.2 Å². The van der Waals surface area contributed by atoms with Gasteiger partial charge in [0.15, 0.2) is 5.78 Å². The molecule has 3 rings (SSSR count). The van der Waals surface area contributed by atoms with Crippen LogP contribution in [0.1, 0.15) is 39.0 Å². The summed E-state index contributed by atoms with van der Waals surface area (Å²) in [6.07, 6.45) is 1.29. The van der Waals surface area contributed by atoms with E-state index in [4.69, 9.17) is 0 Å². The smallest absolute Gasteiger partial charge is 0.193 e. The van der Waals surface area contributed by atoms with Gasteiger partial charge in [-0.3, -0.25) is 9.69 Å². The van der Waals surface area contributed by atoms with E-state index in [1.165, 1.54) is 25.1 Å². The number of carbonyl (C=O) groups is 1. The highest BCUT2D eigenvalue weighted by Crippen LogP contribution is 2.19. The molecule has 1 aliphatic heterocycles. The van der Waals surface area contributed by atoms with Crippen LogP contribution in [-0.4, -0.2) is 23.8 Å². The summed E-state index contributed by atoms with van der Waals surface area (Å²) in [6, 6.07) is 14.0. The maximum atomic E-state index is 12.7. The van der Waals surface area contributed by atoms with Crippen LogP contribution < -0.4 is 0 Å². The fourth-order valence-corrected chi connectivity index (χ4v) is 2.76. The number of rotatable bonds is 4. The first-order valence-corrected chi connectivity index (χ1v) is 7.57. The summed E-state index contributed by atoms with van der Waals surface area (Å²) in [4.78, 5) is 15.1. The van der Waals surface area contributed by atoms with Gasteiger partial charge >= 0.3 is 0 Å². The summed E-state index contributed by atoms with van der Waals surface area (Å²) in [5.41, 5.74) is 5.08. The van der Waals surface area contributed by atoms with Crippen LogP contribution in [0.5, 0.6) is 0 Å². The quantitative estimate of drug-likeness (QED) is 0.795. The number of ketones is 1. The fourth-order valence-electron chi connectivity index (χ4n) is 2.76. The molecule has 1 heterocycles. The molecule has 108 valence electrons. The summed E-state index contributed by atoms with van der Waals surface area (Å²) < 4.78 is 0. The predicted octanol–water partition coefficient (Wildman–Crippen LogP) is 3.74. The Labute approximate surface area is 126 Å². The first kappa shape index (κ1) is 14.0. The maximum Gasteiger partial charge on any atom is 0.193 e. The Morgan fingerprint density at radius 3 is 2.57 bits per heavy atom. The minimum Gasteiger partial charge on any atom is -0.299 e. The van der Waals surface area contributed by atoms with Crippen LogP contribution in [0.3, 0.4) is 0 Å². The third-order valence-corrected chi connectivity index (χ3v) is 4.39. The Kier molecular flexibility index (Phi) is 3.89. The average molecular weight is 279 g/mol. The number of likely N-dealkylation sites (tertiary alicyclic amines) is 1. The molecule has 0 N–H and O–H groups in total. The number of carbonyl (C=O) groups excluding carboxylic acids is 1. The Morgan fingerprint density at radius 1 is 1.10 bits per heavy atom. The lowest BCUT2D eigenvalue weighted by molar-refractivity contribution is 0.103. The Hall–Kier alpha value is -1.93. The standard InChI is InChI=1S/C19H21NO/c1-14-6-3-9-18(15(14)2)19(21)17-8-4-7-16(12-17)13-20-10-5-11-20/h3-4,6-9,12H,5,10-11,13H2,1-2H3. The van der Waals surface area contributed by atoms with E-state index < -0.39 is 0 Å². The molecular formula is C19H21NO. The second-order valence-electron chi connectivity index (χ2n) is 5.91. The number of aryl methyl sites for hydroxylation is 1. The zero-order chi connectivity index (χ0) is 14.8. The molecule has 2 aromatic rings. The van der Waals surface area contributed by atoms with Crippen molar-refractivity contribution >= 4 is 5.78 Å². The SMILES string of the molecule is Cc1cccc(C(=O)c2cccc(CN3CCC3)c2)c1C. The van der Waals surface area contributed by atoms with Gasteiger partial charge in [0.1, 0.15) is 0 Å². The largest absolute Gasteiger partial charge is 0.299 e. The van der Waals surface area contributed by atoms with Gasteiger partial charge in [-0.25, -0.2) is 0 Å². The van der Waals surface area contributed by atoms with Crippen molar-refractivity contribution in [1.29, 1.82) is 0 Å². The molecular weight excluding hydrogens is 258 g/mol. The molecule has 0 aliphatic carbocycles. The molecule has 1 aliphatic rings. The second-order valence-corrected chi connectivity index (χ2v) is 5.91. The molecule has 2 nitrogen and oxygen atoms in total. The minimum atomic E-state index is 0.127. The highest BCUT2D eigenvalue weighted by atomic mass is 16.1. The van der Waals surface area contributed by atoms with Gasteiger partial charge in [-0.05, 0) is 56.1 Å². The molecule has 0 radical (unpaired) electrons. The molecule has 0 saturated carbocycles. The topological polar surface area (TPSA) is 20.3 Å². The molecule has 0 bridgehead atoms. The van der Waals surface area contributed by atoms with E-state index in [9.17, 15) is 4.79 Å². The summed E-state index contributed by atoms with van der Waals surface area (Å²) >= 11 is 0. The maximum absolute atomic E-state index is 12.7. The fraction of sp³-hybridized carbons (Fsp3) is 0.316. The number of nitrogens with zero attached hydrogens (tertiary/aromatic N) is 1. The zero-order valence-electron chi connectivity index (χ0n) is 12.7. The molecule has 1 fully saturated rings. The van der Waals surface area contributed by atoms with Crippen molar-refractivity contribution in [3.8, 4) is 0 Å². The van der Waals surface area contributed by atoms with E-state index in [0.29, 0.717) is 0 Å². The highest BCUT2D eigenvalue weighted by molar-refractivity contribution is 6.10.